The molecule has 1 atom stereocenters. The Morgan fingerprint density at radius 2 is 1.77 bits per heavy atom. The fourth-order valence-corrected chi connectivity index (χ4v) is 4.00. The summed E-state index contributed by atoms with van der Waals surface area (Å²) in [5.74, 6) is -0.832. The lowest BCUT2D eigenvalue weighted by molar-refractivity contribution is -0.139. The molecule has 0 saturated carbocycles. The Labute approximate surface area is 182 Å². The molecular formula is C21H26ClN3O4S. The number of halogens is 1. The second kappa shape index (κ2) is 9.95. The number of rotatable bonds is 8. The number of anilines is 1. The van der Waals surface area contributed by atoms with Crippen molar-refractivity contribution in [3.63, 3.8) is 0 Å². The summed E-state index contributed by atoms with van der Waals surface area (Å²) in [6.45, 7) is 3.28. The van der Waals surface area contributed by atoms with Gasteiger partial charge in [-0.25, -0.2) is 8.42 Å². The van der Waals surface area contributed by atoms with Crippen molar-refractivity contribution in [3.8, 4) is 0 Å². The lowest BCUT2D eigenvalue weighted by Gasteiger charge is -2.31. The summed E-state index contributed by atoms with van der Waals surface area (Å²) in [4.78, 5) is 26.8. The minimum Gasteiger partial charge on any atom is -0.357 e. The maximum absolute atomic E-state index is 13.2. The molecular weight excluding hydrogens is 426 g/mol. The van der Waals surface area contributed by atoms with Gasteiger partial charge in [0, 0.05) is 18.6 Å². The quantitative estimate of drug-likeness (QED) is 0.668. The number of amides is 2. The predicted octanol–water partition coefficient (Wildman–Crippen LogP) is 2.58. The van der Waals surface area contributed by atoms with Crippen LogP contribution in [0.4, 0.5) is 5.69 Å². The van der Waals surface area contributed by atoms with Gasteiger partial charge in [0.05, 0.1) is 11.9 Å². The molecule has 0 aliphatic heterocycles. The van der Waals surface area contributed by atoms with Gasteiger partial charge in [0.15, 0.2) is 0 Å². The highest BCUT2D eigenvalue weighted by Gasteiger charge is 2.29. The smallest absolute Gasteiger partial charge is 0.244 e. The van der Waals surface area contributed by atoms with Crippen LogP contribution in [0.5, 0.6) is 0 Å². The molecule has 2 aromatic rings. The molecule has 0 unspecified atom stereocenters. The molecule has 30 heavy (non-hydrogen) atoms. The predicted molar refractivity (Wildman–Crippen MR) is 119 cm³/mol. The Morgan fingerprint density at radius 1 is 1.13 bits per heavy atom. The zero-order valence-electron chi connectivity index (χ0n) is 17.4. The van der Waals surface area contributed by atoms with E-state index in [2.05, 4.69) is 5.32 Å². The summed E-state index contributed by atoms with van der Waals surface area (Å²) in [6.07, 6.45) is 1.03. The normalized spacial score (nSPS) is 12.2. The summed E-state index contributed by atoms with van der Waals surface area (Å²) < 4.78 is 25.8. The third-order valence-electron chi connectivity index (χ3n) is 4.64. The zero-order chi connectivity index (χ0) is 22.5. The second-order valence-corrected chi connectivity index (χ2v) is 9.39. The summed E-state index contributed by atoms with van der Waals surface area (Å²) in [7, 11) is -2.26. The minimum absolute atomic E-state index is 0.174. The zero-order valence-corrected chi connectivity index (χ0v) is 19.0. The molecule has 1 N–H and O–H groups in total. The highest BCUT2D eigenvalue weighted by Crippen LogP contribution is 2.21. The lowest BCUT2D eigenvalue weighted by Crippen LogP contribution is -2.50. The van der Waals surface area contributed by atoms with Crippen molar-refractivity contribution in [1.29, 1.82) is 0 Å². The van der Waals surface area contributed by atoms with E-state index in [1.165, 1.54) is 24.1 Å². The first kappa shape index (κ1) is 23.7. The molecule has 0 fully saturated rings. The fraction of sp³-hybridized carbons (Fsp3) is 0.333. The van der Waals surface area contributed by atoms with Crippen LogP contribution in [0.1, 0.15) is 18.1 Å². The van der Waals surface area contributed by atoms with E-state index >= 15 is 0 Å². The van der Waals surface area contributed by atoms with Crippen LogP contribution in [0.3, 0.4) is 0 Å². The highest BCUT2D eigenvalue weighted by atomic mass is 35.5. The van der Waals surface area contributed by atoms with Gasteiger partial charge >= 0.3 is 0 Å². The van der Waals surface area contributed by atoms with Crippen LogP contribution in [-0.2, 0) is 26.2 Å². The number of nitrogens with one attached hydrogen (secondary N) is 1. The molecule has 0 bridgehead atoms. The number of hydrogen-bond acceptors (Lipinski definition) is 4. The van der Waals surface area contributed by atoms with Gasteiger partial charge in [0.1, 0.15) is 12.6 Å². The van der Waals surface area contributed by atoms with Crippen LogP contribution in [-0.4, -0.2) is 51.0 Å². The van der Waals surface area contributed by atoms with Gasteiger partial charge in [-0.15, -0.1) is 0 Å². The maximum atomic E-state index is 13.2. The van der Waals surface area contributed by atoms with Crippen LogP contribution < -0.4 is 9.62 Å². The molecule has 0 heterocycles. The Balaban J connectivity index is 2.36. The molecule has 0 aliphatic carbocycles. The third-order valence-corrected chi connectivity index (χ3v) is 6.04. The van der Waals surface area contributed by atoms with Gasteiger partial charge in [-0.3, -0.25) is 13.9 Å². The van der Waals surface area contributed by atoms with E-state index < -0.39 is 28.5 Å². The average Bonchev–Trinajstić information content (AvgIpc) is 2.69. The summed E-state index contributed by atoms with van der Waals surface area (Å²) >= 11 is 5.89. The molecule has 0 aromatic heterocycles. The van der Waals surface area contributed by atoms with Crippen LogP contribution in [0.15, 0.2) is 48.5 Å². The molecule has 0 aliphatic rings. The Kier molecular flexibility index (Phi) is 7.86. The SMILES string of the molecule is CNC(=O)[C@H](C)N(Cc1cccc(C)c1)C(=O)CN(c1ccc(Cl)cc1)S(C)(=O)=O. The molecule has 0 spiro atoms. The van der Waals surface area contributed by atoms with E-state index in [9.17, 15) is 18.0 Å². The first-order valence-electron chi connectivity index (χ1n) is 9.33. The lowest BCUT2D eigenvalue weighted by atomic mass is 10.1. The topological polar surface area (TPSA) is 86.8 Å². The molecule has 7 nitrogen and oxygen atoms in total. The number of hydrogen-bond donors (Lipinski definition) is 1. The van der Waals surface area contributed by atoms with Gasteiger partial charge in [-0.1, -0.05) is 41.4 Å². The molecule has 9 heteroatoms. The molecule has 2 aromatic carbocycles. The standard InChI is InChI=1S/C21H26ClN3O4S/c1-15-6-5-7-17(12-15)13-24(16(2)21(27)23-3)20(26)14-25(30(4,28)29)19-10-8-18(22)9-11-19/h5-12,16H,13-14H2,1-4H3,(H,23,27)/t16-/m0/s1. The summed E-state index contributed by atoms with van der Waals surface area (Å²) in [5.41, 5.74) is 2.18. The van der Waals surface area contributed by atoms with Crippen molar-refractivity contribution < 1.29 is 18.0 Å². The number of sulfonamides is 1. The number of likely N-dealkylation sites (N-methyl/N-ethyl adjacent to an activating group) is 1. The fourth-order valence-electron chi connectivity index (χ4n) is 3.02. The number of nitrogens with zero attached hydrogens (tertiary/aromatic N) is 2. The van der Waals surface area contributed by atoms with Crippen molar-refractivity contribution >= 4 is 39.1 Å². The van der Waals surface area contributed by atoms with Gasteiger partial charge in [0.2, 0.25) is 21.8 Å². The van der Waals surface area contributed by atoms with Crippen LogP contribution >= 0.6 is 11.6 Å². The number of carbonyl (C=O) groups excluding carboxylic acids is 2. The maximum Gasteiger partial charge on any atom is 0.244 e. The van der Waals surface area contributed by atoms with Gasteiger partial charge in [-0.05, 0) is 43.7 Å². The Bertz CT molecular complexity index is 1010. The van der Waals surface area contributed by atoms with Crippen molar-refractivity contribution in [2.24, 2.45) is 0 Å². The van der Waals surface area contributed by atoms with E-state index in [1.807, 2.05) is 31.2 Å². The summed E-state index contributed by atoms with van der Waals surface area (Å²) in [5, 5.41) is 2.99. The van der Waals surface area contributed by atoms with Crippen molar-refractivity contribution in [2.75, 3.05) is 24.2 Å². The van der Waals surface area contributed by atoms with Crippen molar-refractivity contribution in [1.82, 2.24) is 10.2 Å². The second-order valence-electron chi connectivity index (χ2n) is 7.05. The molecule has 162 valence electrons. The Hall–Kier alpha value is -2.58. The third kappa shape index (κ3) is 6.21. The Morgan fingerprint density at radius 3 is 2.30 bits per heavy atom. The van der Waals surface area contributed by atoms with Crippen LogP contribution in [0, 0.1) is 6.92 Å². The first-order chi connectivity index (χ1) is 14.0. The monoisotopic (exact) mass is 451 g/mol. The molecule has 0 radical (unpaired) electrons. The minimum atomic E-state index is -3.75. The highest BCUT2D eigenvalue weighted by molar-refractivity contribution is 7.92. The molecule has 2 amide bonds. The molecule has 2 rings (SSSR count). The van der Waals surface area contributed by atoms with E-state index in [0.29, 0.717) is 10.7 Å². The van der Waals surface area contributed by atoms with E-state index in [-0.39, 0.29) is 12.5 Å². The van der Waals surface area contributed by atoms with Crippen LogP contribution in [0.2, 0.25) is 5.02 Å². The van der Waals surface area contributed by atoms with E-state index in [1.54, 1.807) is 19.1 Å². The largest absolute Gasteiger partial charge is 0.357 e. The number of benzene rings is 2. The van der Waals surface area contributed by atoms with Gasteiger partial charge < -0.3 is 10.2 Å². The average molecular weight is 452 g/mol. The molecule has 0 saturated heterocycles. The van der Waals surface area contributed by atoms with Gasteiger partial charge in [-0.2, -0.15) is 0 Å². The van der Waals surface area contributed by atoms with Crippen molar-refractivity contribution in [2.45, 2.75) is 26.4 Å². The van der Waals surface area contributed by atoms with Crippen molar-refractivity contribution in [3.05, 3.63) is 64.7 Å². The van der Waals surface area contributed by atoms with Gasteiger partial charge in [0.25, 0.3) is 0 Å². The summed E-state index contributed by atoms with van der Waals surface area (Å²) in [6, 6.07) is 13.0. The van der Waals surface area contributed by atoms with E-state index in [4.69, 9.17) is 11.6 Å². The van der Waals surface area contributed by atoms with E-state index in [0.717, 1.165) is 21.7 Å². The van der Waals surface area contributed by atoms with Crippen LogP contribution in [0.25, 0.3) is 0 Å². The number of carbonyl (C=O) groups is 2. The first-order valence-corrected chi connectivity index (χ1v) is 11.6. The number of aryl methyl sites for hydroxylation is 1.